The fraction of sp³-hybridized carbons (Fsp3) is 0.111. The summed E-state index contributed by atoms with van der Waals surface area (Å²) in [6.45, 7) is 0. The molecule has 8 heteroatoms. The number of anilines is 1. The Balaban J connectivity index is 2.42. The van der Waals surface area contributed by atoms with Crippen LogP contribution in [-0.4, -0.2) is 28.6 Å². The summed E-state index contributed by atoms with van der Waals surface area (Å²) in [4.78, 5) is 0. The molecule has 90 valence electrons. The number of hydrogen-bond acceptors (Lipinski definition) is 4. The van der Waals surface area contributed by atoms with Crippen LogP contribution in [0.5, 0.6) is 0 Å². The number of alkyl halides is 1. The largest absolute Gasteiger partial charge is 0.280 e. The van der Waals surface area contributed by atoms with Crippen LogP contribution in [0.25, 0.3) is 5.69 Å². The zero-order valence-corrected chi connectivity index (χ0v) is 10.2. The van der Waals surface area contributed by atoms with Gasteiger partial charge in [-0.15, -0.1) is 16.7 Å². The molecule has 17 heavy (non-hydrogen) atoms. The van der Waals surface area contributed by atoms with Crippen LogP contribution in [0.1, 0.15) is 0 Å². The van der Waals surface area contributed by atoms with E-state index in [0.29, 0.717) is 11.4 Å². The summed E-state index contributed by atoms with van der Waals surface area (Å²) < 4.78 is 26.6. The van der Waals surface area contributed by atoms with Gasteiger partial charge in [-0.1, -0.05) is 17.3 Å². The molecule has 1 aromatic heterocycles. The number of para-hydroxylation sites is 2. The minimum absolute atomic E-state index is 0.402. The lowest BCUT2D eigenvalue weighted by Gasteiger charge is -2.10. The maximum Gasteiger partial charge on any atom is 0.246 e. The molecule has 0 saturated heterocycles. The highest BCUT2D eigenvalue weighted by molar-refractivity contribution is 7.93. The summed E-state index contributed by atoms with van der Waals surface area (Å²) in [6, 6.07) is 6.84. The van der Waals surface area contributed by atoms with E-state index in [1.54, 1.807) is 30.5 Å². The lowest BCUT2D eigenvalue weighted by molar-refractivity contribution is 0.605. The van der Waals surface area contributed by atoms with E-state index in [0.717, 1.165) is 0 Å². The first kappa shape index (κ1) is 11.9. The lowest BCUT2D eigenvalue weighted by Crippen LogP contribution is -2.15. The van der Waals surface area contributed by atoms with Crippen LogP contribution in [0.2, 0.25) is 0 Å². The third-order valence-corrected chi connectivity index (χ3v) is 3.66. The van der Waals surface area contributed by atoms with Gasteiger partial charge in [0.15, 0.2) is 0 Å². The van der Waals surface area contributed by atoms with Gasteiger partial charge in [-0.3, -0.25) is 4.72 Å². The zero-order valence-electron chi connectivity index (χ0n) is 8.62. The molecule has 0 aliphatic heterocycles. The van der Waals surface area contributed by atoms with Crippen molar-refractivity contribution in [2.45, 2.75) is 0 Å². The van der Waals surface area contributed by atoms with Crippen LogP contribution in [0, 0.1) is 0 Å². The quantitative estimate of drug-likeness (QED) is 0.849. The number of aromatic nitrogens is 3. The first-order valence-electron chi connectivity index (χ1n) is 4.64. The lowest BCUT2D eigenvalue weighted by atomic mass is 10.3. The van der Waals surface area contributed by atoms with E-state index in [1.165, 1.54) is 10.9 Å². The second kappa shape index (κ2) is 4.72. The average Bonchev–Trinajstić information content (AvgIpc) is 2.83. The van der Waals surface area contributed by atoms with Gasteiger partial charge in [-0.05, 0) is 12.1 Å². The van der Waals surface area contributed by atoms with E-state index >= 15 is 0 Å². The van der Waals surface area contributed by atoms with Gasteiger partial charge in [0.25, 0.3) is 0 Å². The molecule has 0 bridgehead atoms. The van der Waals surface area contributed by atoms with Crippen LogP contribution < -0.4 is 4.72 Å². The van der Waals surface area contributed by atoms with Crippen LogP contribution >= 0.6 is 11.6 Å². The molecule has 0 fully saturated rings. The molecule has 0 spiro atoms. The molecular weight excluding hydrogens is 264 g/mol. The van der Waals surface area contributed by atoms with Gasteiger partial charge in [0.1, 0.15) is 5.21 Å². The van der Waals surface area contributed by atoms with Crippen LogP contribution in [0.4, 0.5) is 5.69 Å². The van der Waals surface area contributed by atoms with Crippen LogP contribution in [0.3, 0.4) is 0 Å². The number of halogens is 1. The topological polar surface area (TPSA) is 76.9 Å². The van der Waals surface area contributed by atoms with E-state index < -0.39 is 15.2 Å². The summed E-state index contributed by atoms with van der Waals surface area (Å²) in [5, 5.41) is 6.97. The molecule has 0 atom stereocenters. The highest BCUT2D eigenvalue weighted by atomic mass is 35.5. The second-order valence-corrected chi connectivity index (χ2v) is 5.50. The first-order valence-corrected chi connectivity index (χ1v) is 6.83. The molecule has 2 aromatic rings. The fourth-order valence-corrected chi connectivity index (χ4v) is 2.02. The molecule has 0 saturated carbocycles. The number of hydrogen-bond donors (Lipinski definition) is 1. The Kier molecular flexibility index (Phi) is 3.30. The van der Waals surface area contributed by atoms with Gasteiger partial charge in [0, 0.05) is 0 Å². The van der Waals surface area contributed by atoms with Crippen LogP contribution in [0.15, 0.2) is 36.7 Å². The van der Waals surface area contributed by atoms with Gasteiger partial charge in [0.05, 0.1) is 23.8 Å². The molecule has 0 aliphatic carbocycles. The Bertz CT molecular complexity index is 597. The van der Waals surface area contributed by atoms with Crippen molar-refractivity contribution in [1.29, 1.82) is 0 Å². The third-order valence-electron chi connectivity index (χ3n) is 1.98. The molecule has 6 nitrogen and oxygen atoms in total. The van der Waals surface area contributed by atoms with E-state index in [2.05, 4.69) is 15.0 Å². The number of sulfonamides is 1. The second-order valence-electron chi connectivity index (χ2n) is 3.19. The number of nitrogens with zero attached hydrogens (tertiary/aromatic N) is 3. The van der Waals surface area contributed by atoms with Crippen molar-refractivity contribution < 1.29 is 8.42 Å². The van der Waals surface area contributed by atoms with Crippen molar-refractivity contribution in [3.05, 3.63) is 36.7 Å². The zero-order chi connectivity index (χ0) is 12.3. The Morgan fingerprint density at radius 1 is 1.35 bits per heavy atom. The van der Waals surface area contributed by atoms with E-state index in [1.807, 2.05) is 0 Å². The molecule has 0 unspecified atom stereocenters. The molecule has 0 amide bonds. The van der Waals surface area contributed by atoms with Gasteiger partial charge in [-0.2, -0.15) is 0 Å². The Morgan fingerprint density at radius 2 is 2.12 bits per heavy atom. The molecular formula is C9H9ClN4O2S. The standard InChI is InChI=1S/C9H9ClN4O2S/c10-7-17(15,16)12-8-3-1-2-4-9(8)14-6-5-11-13-14/h1-6,12H,7H2. The third kappa shape index (κ3) is 2.75. The van der Waals surface area contributed by atoms with Crippen molar-refractivity contribution in [2.75, 3.05) is 9.93 Å². The normalized spacial score (nSPS) is 11.4. The van der Waals surface area contributed by atoms with Crippen LogP contribution in [-0.2, 0) is 10.0 Å². The highest BCUT2D eigenvalue weighted by Crippen LogP contribution is 2.20. The predicted octanol–water partition coefficient (Wildman–Crippen LogP) is 1.21. The average molecular weight is 273 g/mol. The van der Waals surface area contributed by atoms with Gasteiger partial charge in [-0.25, -0.2) is 13.1 Å². The number of benzene rings is 1. The van der Waals surface area contributed by atoms with Crippen molar-refractivity contribution in [1.82, 2.24) is 15.0 Å². The van der Waals surface area contributed by atoms with Crippen molar-refractivity contribution in [3.8, 4) is 5.69 Å². The monoisotopic (exact) mass is 272 g/mol. The van der Waals surface area contributed by atoms with Gasteiger partial charge >= 0.3 is 0 Å². The summed E-state index contributed by atoms with van der Waals surface area (Å²) in [7, 11) is -3.53. The molecule has 2 rings (SSSR count). The molecule has 0 aliphatic rings. The van der Waals surface area contributed by atoms with E-state index in [9.17, 15) is 8.42 Å². The summed E-state index contributed by atoms with van der Waals surface area (Å²) in [5.41, 5.74) is 0.984. The Hall–Kier alpha value is -1.60. The number of rotatable bonds is 4. The Morgan fingerprint density at radius 3 is 2.76 bits per heavy atom. The maximum absolute atomic E-state index is 11.4. The maximum atomic E-state index is 11.4. The van der Waals surface area contributed by atoms with E-state index in [-0.39, 0.29) is 0 Å². The van der Waals surface area contributed by atoms with Crippen molar-refractivity contribution >= 4 is 27.3 Å². The highest BCUT2D eigenvalue weighted by Gasteiger charge is 2.12. The first-order chi connectivity index (χ1) is 8.12. The van der Waals surface area contributed by atoms with Gasteiger partial charge in [0.2, 0.25) is 10.0 Å². The summed E-state index contributed by atoms with van der Waals surface area (Å²) in [5.74, 6) is 0. The molecule has 1 aromatic carbocycles. The van der Waals surface area contributed by atoms with Crippen molar-refractivity contribution in [3.63, 3.8) is 0 Å². The molecule has 1 heterocycles. The minimum atomic E-state index is -3.53. The smallest absolute Gasteiger partial charge is 0.246 e. The summed E-state index contributed by atoms with van der Waals surface area (Å²) in [6.07, 6.45) is 3.13. The number of nitrogens with one attached hydrogen (secondary N) is 1. The summed E-state index contributed by atoms with van der Waals surface area (Å²) >= 11 is 5.34. The fourth-order valence-electron chi connectivity index (χ4n) is 1.29. The minimum Gasteiger partial charge on any atom is -0.280 e. The SMILES string of the molecule is O=S(=O)(CCl)Nc1ccccc1-n1ccnn1. The van der Waals surface area contributed by atoms with E-state index in [4.69, 9.17) is 11.6 Å². The van der Waals surface area contributed by atoms with Crippen molar-refractivity contribution in [2.24, 2.45) is 0 Å². The Labute approximate surface area is 103 Å². The predicted molar refractivity (Wildman–Crippen MR) is 64.6 cm³/mol. The molecule has 0 radical (unpaired) electrons. The molecule has 1 N–H and O–H groups in total. The van der Waals surface area contributed by atoms with Gasteiger partial charge < -0.3 is 0 Å².